The van der Waals surface area contributed by atoms with Crippen LogP contribution in [0.2, 0.25) is 0 Å². The third kappa shape index (κ3) is 3.42. The Labute approximate surface area is 151 Å². The summed E-state index contributed by atoms with van der Waals surface area (Å²) < 4.78 is 20.1. The lowest BCUT2D eigenvalue weighted by Gasteiger charge is -2.04. The molecule has 3 heterocycles. The second-order valence-electron chi connectivity index (χ2n) is 5.30. The summed E-state index contributed by atoms with van der Waals surface area (Å²) >= 11 is 1.18. The highest BCUT2D eigenvalue weighted by Crippen LogP contribution is 2.21. The molecule has 0 aliphatic carbocycles. The van der Waals surface area contributed by atoms with Crippen LogP contribution in [0.4, 0.5) is 10.1 Å². The zero-order valence-corrected chi connectivity index (χ0v) is 14.1. The van der Waals surface area contributed by atoms with E-state index >= 15 is 0 Å². The van der Waals surface area contributed by atoms with E-state index in [0.29, 0.717) is 27.9 Å². The Morgan fingerprint density at radius 1 is 1.19 bits per heavy atom. The highest BCUT2D eigenvalue weighted by atomic mass is 32.2. The smallest absolute Gasteiger partial charge is 0.234 e. The number of carbonyl (C=O) groups excluding carboxylic acids is 1. The summed E-state index contributed by atoms with van der Waals surface area (Å²) in [5.41, 5.74) is 1.60. The lowest BCUT2D eigenvalue weighted by Crippen LogP contribution is -2.14. The molecule has 9 heteroatoms. The van der Waals surface area contributed by atoms with Crippen molar-refractivity contribution in [1.29, 1.82) is 0 Å². The van der Waals surface area contributed by atoms with Crippen LogP contribution < -0.4 is 5.32 Å². The van der Waals surface area contributed by atoms with Crippen LogP contribution in [0, 0.1) is 5.82 Å². The zero-order valence-electron chi connectivity index (χ0n) is 13.3. The molecule has 1 amide bonds. The first kappa shape index (κ1) is 16.3. The lowest BCUT2D eigenvalue weighted by molar-refractivity contribution is -0.113. The molecule has 7 nitrogen and oxygen atoms in total. The summed E-state index contributed by atoms with van der Waals surface area (Å²) in [6, 6.07) is 12.9. The van der Waals surface area contributed by atoms with E-state index in [9.17, 15) is 9.18 Å². The molecule has 0 aliphatic rings. The maximum absolute atomic E-state index is 13.2. The van der Waals surface area contributed by atoms with Gasteiger partial charge in [-0.1, -0.05) is 17.8 Å². The molecule has 4 aromatic rings. The maximum atomic E-state index is 13.2. The highest BCUT2D eigenvalue weighted by molar-refractivity contribution is 7.99. The predicted octanol–water partition coefficient (Wildman–Crippen LogP) is 3.25. The van der Waals surface area contributed by atoms with Crippen molar-refractivity contribution in [3.63, 3.8) is 0 Å². The van der Waals surface area contributed by atoms with E-state index in [1.165, 1.54) is 30.0 Å². The number of aromatic nitrogens is 4. The first-order valence-electron chi connectivity index (χ1n) is 7.63. The number of carbonyl (C=O) groups is 1. The van der Waals surface area contributed by atoms with Crippen molar-refractivity contribution in [3.05, 3.63) is 60.6 Å². The van der Waals surface area contributed by atoms with Gasteiger partial charge in [-0.25, -0.2) is 4.39 Å². The molecule has 4 rings (SSSR count). The Bertz CT molecular complexity index is 1060. The minimum Gasteiger partial charge on any atom is -0.463 e. The van der Waals surface area contributed by atoms with Gasteiger partial charge in [0, 0.05) is 5.69 Å². The molecule has 0 spiro atoms. The SMILES string of the molecule is O=C(CSc1nnc2ccc(-c3ccco3)nn12)Nc1cccc(F)c1. The minimum atomic E-state index is -0.409. The van der Waals surface area contributed by atoms with Gasteiger partial charge in [0.2, 0.25) is 11.1 Å². The molecule has 0 aliphatic heterocycles. The van der Waals surface area contributed by atoms with Crippen molar-refractivity contribution >= 4 is 29.0 Å². The van der Waals surface area contributed by atoms with Crippen LogP contribution in [0.15, 0.2) is 64.4 Å². The Kier molecular flexibility index (Phi) is 4.36. The molecular formula is C17H12FN5O2S. The third-order valence-electron chi connectivity index (χ3n) is 3.45. The summed E-state index contributed by atoms with van der Waals surface area (Å²) in [7, 11) is 0. The average molecular weight is 369 g/mol. The Hall–Kier alpha value is -3.20. The Morgan fingerprint density at radius 2 is 2.12 bits per heavy atom. The summed E-state index contributed by atoms with van der Waals surface area (Å²) in [5.74, 6) is 0.0257. The topological polar surface area (TPSA) is 85.3 Å². The first-order valence-corrected chi connectivity index (χ1v) is 8.62. The minimum absolute atomic E-state index is 0.0873. The van der Waals surface area contributed by atoms with Crippen molar-refractivity contribution in [1.82, 2.24) is 19.8 Å². The van der Waals surface area contributed by atoms with E-state index in [2.05, 4.69) is 20.6 Å². The van der Waals surface area contributed by atoms with Crippen LogP contribution in [0.3, 0.4) is 0 Å². The molecule has 0 bridgehead atoms. The van der Waals surface area contributed by atoms with Crippen molar-refractivity contribution in [2.45, 2.75) is 5.16 Å². The normalized spacial score (nSPS) is 11.0. The fourth-order valence-corrected chi connectivity index (χ4v) is 3.00. The number of furan rings is 1. The van der Waals surface area contributed by atoms with Crippen molar-refractivity contribution in [2.75, 3.05) is 11.1 Å². The van der Waals surface area contributed by atoms with Gasteiger partial charge in [-0.15, -0.1) is 10.2 Å². The fraction of sp³-hybridized carbons (Fsp3) is 0.0588. The van der Waals surface area contributed by atoms with Gasteiger partial charge in [-0.2, -0.15) is 9.61 Å². The second-order valence-corrected chi connectivity index (χ2v) is 6.24. The largest absolute Gasteiger partial charge is 0.463 e. The quantitative estimate of drug-likeness (QED) is 0.544. The monoisotopic (exact) mass is 369 g/mol. The van der Waals surface area contributed by atoms with E-state index in [-0.39, 0.29) is 11.7 Å². The van der Waals surface area contributed by atoms with Gasteiger partial charge in [0.15, 0.2) is 11.4 Å². The summed E-state index contributed by atoms with van der Waals surface area (Å²) in [6.07, 6.45) is 1.57. The number of fused-ring (bicyclic) bond motifs is 1. The second kappa shape index (κ2) is 6.96. The number of hydrogen-bond donors (Lipinski definition) is 1. The number of amides is 1. The van der Waals surface area contributed by atoms with Crippen LogP contribution in [0.25, 0.3) is 17.1 Å². The average Bonchev–Trinajstić information content (AvgIpc) is 3.29. The summed E-state index contributed by atoms with van der Waals surface area (Å²) in [6.45, 7) is 0. The molecule has 0 saturated carbocycles. The number of anilines is 1. The molecule has 1 aromatic carbocycles. The molecule has 0 fully saturated rings. The van der Waals surface area contributed by atoms with Crippen LogP contribution in [0.1, 0.15) is 0 Å². The van der Waals surface area contributed by atoms with Gasteiger partial charge in [0.1, 0.15) is 11.5 Å². The van der Waals surface area contributed by atoms with E-state index in [4.69, 9.17) is 4.42 Å². The summed E-state index contributed by atoms with van der Waals surface area (Å²) in [4.78, 5) is 12.1. The van der Waals surface area contributed by atoms with Crippen molar-refractivity contribution in [3.8, 4) is 11.5 Å². The number of benzene rings is 1. The van der Waals surface area contributed by atoms with Gasteiger partial charge < -0.3 is 9.73 Å². The molecule has 130 valence electrons. The predicted molar refractivity (Wildman–Crippen MR) is 94.2 cm³/mol. The van der Waals surface area contributed by atoms with E-state index in [0.717, 1.165) is 0 Å². The van der Waals surface area contributed by atoms with Gasteiger partial charge in [0.05, 0.1) is 12.0 Å². The number of thioether (sulfide) groups is 1. The molecule has 0 unspecified atom stereocenters. The number of halogens is 1. The number of hydrogen-bond acceptors (Lipinski definition) is 6. The molecule has 0 atom stereocenters. The van der Waals surface area contributed by atoms with E-state index < -0.39 is 5.82 Å². The van der Waals surface area contributed by atoms with Gasteiger partial charge >= 0.3 is 0 Å². The Morgan fingerprint density at radius 3 is 2.92 bits per heavy atom. The molecular weight excluding hydrogens is 357 g/mol. The molecule has 0 radical (unpaired) electrons. The number of nitrogens with zero attached hydrogens (tertiary/aromatic N) is 4. The van der Waals surface area contributed by atoms with Crippen LogP contribution in [-0.2, 0) is 4.79 Å². The third-order valence-corrected chi connectivity index (χ3v) is 4.37. The maximum Gasteiger partial charge on any atom is 0.234 e. The molecule has 26 heavy (non-hydrogen) atoms. The van der Waals surface area contributed by atoms with Gasteiger partial charge in [-0.3, -0.25) is 4.79 Å². The summed E-state index contributed by atoms with van der Waals surface area (Å²) in [5, 5.41) is 15.6. The zero-order chi connectivity index (χ0) is 17.9. The lowest BCUT2D eigenvalue weighted by atomic mass is 10.3. The molecule has 0 saturated heterocycles. The number of nitrogens with one attached hydrogen (secondary N) is 1. The van der Waals surface area contributed by atoms with Crippen LogP contribution in [-0.4, -0.2) is 31.5 Å². The van der Waals surface area contributed by atoms with Gasteiger partial charge in [-0.05, 0) is 42.5 Å². The van der Waals surface area contributed by atoms with E-state index in [1.54, 1.807) is 41.1 Å². The molecule has 1 N–H and O–H groups in total. The van der Waals surface area contributed by atoms with Gasteiger partial charge in [0.25, 0.3) is 0 Å². The number of rotatable bonds is 5. The standard InChI is InChI=1S/C17H12FN5O2S/c18-11-3-1-4-12(9-11)19-16(24)10-26-17-21-20-15-7-6-13(22-23(15)17)14-5-2-8-25-14/h1-9H,10H2,(H,19,24). The van der Waals surface area contributed by atoms with Crippen molar-refractivity contribution in [2.24, 2.45) is 0 Å². The van der Waals surface area contributed by atoms with Crippen LogP contribution >= 0.6 is 11.8 Å². The molecule has 3 aromatic heterocycles. The van der Waals surface area contributed by atoms with Crippen molar-refractivity contribution < 1.29 is 13.6 Å². The van der Waals surface area contributed by atoms with Crippen LogP contribution in [0.5, 0.6) is 0 Å². The fourth-order valence-electron chi connectivity index (χ4n) is 2.31. The Balaban J connectivity index is 1.48. The van der Waals surface area contributed by atoms with E-state index in [1.807, 2.05) is 0 Å². The first-order chi connectivity index (χ1) is 12.7. The highest BCUT2D eigenvalue weighted by Gasteiger charge is 2.12.